The second kappa shape index (κ2) is 10.9. The van der Waals surface area contributed by atoms with Crippen LogP contribution in [0.1, 0.15) is 25.5 Å². The van der Waals surface area contributed by atoms with Crippen LogP contribution in [0.15, 0.2) is 24.3 Å². The number of rotatable bonds is 8. The molecule has 1 amide bonds. The summed E-state index contributed by atoms with van der Waals surface area (Å²) in [7, 11) is -3.60. The van der Waals surface area contributed by atoms with Gasteiger partial charge in [0.2, 0.25) is 15.9 Å². The molecule has 0 spiro atoms. The standard InChI is InChI=1S/C17H26FN3O4S.ClH/c1-13(2)25-8-9-26(23,24)20-12-17(22)21-7-6-19-11-16(21)14-4-3-5-15(18)10-14;/h3-5,10,13,16,19-20H,6-9,11-12H2,1-2H3;1H. The zero-order valence-electron chi connectivity index (χ0n) is 15.5. The minimum atomic E-state index is -3.60. The average Bonchev–Trinajstić information content (AvgIpc) is 2.59. The van der Waals surface area contributed by atoms with E-state index in [-0.39, 0.29) is 55.2 Å². The van der Waals surface area contributed by atoms with Crippen molar-refractivity contribution in [2.45, 2.75) is 26.0 Å². The molecule has 0 radical (unpaired) electrons. The molecule has 10 heteroatoms. The minimum Gasteiger partial charge on any atom is -0.378 e. The number of hydrogen-bond acceptors (Lipinski definition) is 5. The molecule has 2 rings (SSSR count). The Labute approximate surface area is 166 Å². The number of amides is 1. The van der Waals surface area contributed by atoms with Gasteiger partial charge in [-0.2, -0.15) is 0 Å². The van der Waals surface area contributed by atoms with E-state index in [1.165, 1.54) is 12.1 Å². The van der Waals surface area contributed by atoms with Crippen LogP contribution in [-0.4, -0.2) is 63.9 Å². The van der Waals surface area contributed by atoms with Crippen LogP contribution >= 0.6 is 12.4 Å². The molecule has 1 fully saturated rings. The van der Waals surface area contributed by atoms with Crippen LogP contribution in [0.25, 0.3) is 0 Å². The maximum Gasteiger partial charge on any atom is 0.238 e. The van der Waals surface area contributed by atoms with Crippen molar-refractivity contribution in [2.75, 3.05) is 38.5 Å². The summed E-state index contributed by atoms with van der Waals surface area (Å²) in [6.45, 7) is 4.91. The lowest BCUT2D eigenvalue weighted by Crippen LogP contribution is -2.51. The first-order valence-corrected chi connectivity index (χ1v) is 10.3. The van der Waals surface area contributed by atoms with Gasteiger partial charge in [0.25, 0.3) is 0 Å². The Balaban J connectivity index is 0.00000364. The van der Waals surface area contributed by atoms with Crippen LogP contribution in [0.5, 0.6) is 0 Å². The Morgan fingerprint density at radius 3 is 2.85 bits per heavy atom. The first-order chi connectivity index (χ1) is 12.3. The molecule has 7 nitrogen and oxygen atoms in total. The summed E-state index contributed by atoms with van der Waals surface area (Å²) in [5.41, 5.74) is 0.679. The Kier molecular flexibility index (Phi) is 9.61. The third-order valence-corrected chi connectivity index (χ3v) is 5.33. The molecule has 1 aromatic rings. The number of benzene rings is 1. The number of hydrogen-bond donors (Lipinski definition) is 2. The van der Waals surface area contributed by atoms with Gasteiger partial charge in [-0.15, -0.1) is 12.4 Å². The van der Waals surface area contributed by atoms with E-state index in [1.807, 2.05) is 13.8 Å². The largest absolute Gasteiger partial charge is 0.378 e. The van der Waals surface area contributed by atoms with Crippen molar-refractivity contribution >= 4 is 28.3 Å². The van der Waals surface area contributed by atoms with Crippen molar-refractivity contribution in [2.24, 2.45) is 0 Å². The third kappa shape index (κ3) is 7.71. The molecule has 1 heterocycles. The lowest BCUT2D eigenvalue weighted by molar-refractivity contribution is -0.133. The predicted molar refractivity (Wildman–Crippen MR) is 104 cm³/mol. The highest BCUT2D eigenvalue weighted by atomic mass is 35.5. The average molecular weight is 424 g/mol. The van der Waals surface area contributed by atoms with Gasteiger partial charge >= 0.3 is 0 Å². The topological polar surface area (TPSA) is 87.7 Å². The SMILES string of the molecule is CC(C)OCCS(=O)(=O)NCC(=O)N1CCNCC1c1cccc(F)c1.Cl. The van der Waals surface area contributed by atoms with E-state index in [2.05, 4.69) is 10.0 Å². The number of ether oxygens (including phenoxy) is 1. The predicted octanol–water partition coefficient (Wildman–Crippen LogP) is 1.06. The zero-order valence-corrected chi connectivity index (χ0v) is 17.1. The van der Waals surface area contributed by atoms with Crippen molar-refractivity contribution in [3.8, 4) is 0 Å². The van der Waals surface area contributed by atoms with Crippen LogP contribution in [0.4, 0.5) is 4.39 Å². The van der Waals surface area contributed by atoms with Crippen molar-refractivity contribution in [1.29, 1.82) is 0 Å². The first-order valence-electron chi connectivity index (χ1n) is 8.63. The number of nitrogens with one attached hydrogen (secondary N) is 2. The molecule has 0 saturated carbocycles. The summed E-state index contributed by atoms with van der Waals surface area (Å²) in [6.07, 6.45) is -0.0558. The minimum absolute atomic E-state index is 0. The third-order valence-electron chi connectivity index (χ3n) is 4.04. The fourth-order valence-electron chi connectivity index (χ4n) is 2.75. The lowest BCUT2D eigenvalue weighted by Gasteiger charge is -2.36. The van der Waals surface area contributed by atoms with Crippen LogP contribution in [0.3, 0.4) is 0 Å². The quantitative estimate of drug-likeness (QED) is 0.653. The molecule has 27 heavy (non-hydrogen) atoms. The van der Waals surface area contributed by atoms with Gasteiger partial charge in [-0.1, -0.05) is 12.1 Å². The van der Waals surface area contributed by atoms with Crippen LogP contribution < -0.4 is 10.0 Å². The van der Waals surface area contributed by atoms with E-state index in [0.29, 0.717) is 25.2 Å². The second-order valence-electron chi connectivity index (χ2n) is 6.42. The lowest BCUT2D eigenvalue weighted by atomic mass is 10.0. The summed E-state index contributed by atoms with van der Waals surface area (Å²) in [5.74, 6) is -0.909. The normalized spacial score (nSPS) is 17.6. The van der Waals surface area contributed by atoms with E-state index < -0.39 is 10.0 Å². The van der Waals surface area contributed by atoms with E-state index in [0.717, 1.165) is 0 Å². The monoisotopic (exact) mass is 423 g/mol. The smallest absolute Gasteiger partial charge is 0.238 e. The summed E-state index contributed by atoms with van der Waals surface area (Å²) >= 11 is 0. The van der Waals surface area contributed by atoms with Gasteiger partial charge in [0.05, 0.1) is 31.1 Å². The van der Waals surface area contributed by atoms with Gasteiger partial charge in [-0.3, -0.25) is 4.79 Å². The van der Waals surface area contributed by atoms with Crippen LogP contribution in [-0.2, 0) is 19.6 Å². The van der Waals surface area contributed by atoms with Gasteiger partial charge in [-0.25, -0.2) is 17.5 Å². The maximum absolute atomic E-state index is 13.5. The van der Waals surface area contributed by atoms with Crippen molar-refractivity contribution in [3.05, 3.63) is 35.6 Å². The molecule has 154 valence electrons. The van der Waals surface area contributed by atoms with Crippen LogP contribution in [0, 0.1) is 5.82 Å². The van der Waals surface area contributed by atoms with Gasteiger partial charge in [0.15, 0.2) is 0 Å². The summed E-state index contributed by atoms with van der Waals surface area (Å²) in [5, 5.41) is 3.18. The second-order valence-corrected chi connectivity index (χ2v) is 8.35. The number of piperazine rings is 1. The van der Waals surface area contributed by atoms with E-state index in [9.17, 15) is 17.6 Å². The first kappa shape index (κ1) is 23.8. The molecule has 1 aromatic carbocycles. The maximum atomic E-state index is 13.5. The summed E-state index contributed by atoms with van der Waals surface area (Å²) < 4.78 is 45.0. The highest BCUT2D eigenvalue weighted by molar-refractivity contribution is 7.89. The van der Waals surface area contributed by atoms with E-state index >= 15 is 0 Å². The van der Waals surface area contributed by atoms with Gasteiger partial charge < -0.3 is 15.0 Å². The number of sulfonamides is 1. The van der Waals surface area contributed by atoms with Gasteiger partial charge in [0.1, 0.15) is 5.82 Å². The molecule has 1 aliphatic rings. The Bertz CT molecular complexity index is 718. The molecule has 0 bridgehead atoms. The summed E-state index contributed by atoms with van der Waals surface area (Å²) in [6, 6.07) is 5.76. The molecule has 2 N–H and O–H groups in total. The van der Waals surface area contributed by atoms with Crippen molar-refractivity contribution < 1.29 is 22.3 Å². The van der Waals surface area contributed by atoms with Gasteiger partial charge in [0, 0.05) is 19.6 Å². The molecule has 1 saturated heterocycles. The molecular formula is C17H27ClFN3O4S. The number of nitrogens with zero attached hydrogens (tertiary/aromatic N) is 1. The molecule has 1 aliphatic heterocycles. The molecular weight excluding hydrogens is 397 g/mol. The number of halogens is 2. The fourth-order valence-corrected chi connectivity index (χ4v) is 3.56. The highest BCUT2D eigenvalue weighted by Crippen LogP contribution is 2.22. The molecule has 0 aliphatic carbocycles. The Morgan fingerprint density at radius 1 is 1.44 bits per heavy atom. The summed E-state index contributed by atoms with van der Waals surface area (Å²) in [4.78, 5) is 14.1. The van der Waals surface area contributed by atoms with Crippen molar-refractivity contribution in [3.63, 3.8) is 0 Å². The van der Waals surface area contributed by atoms with Crippen molar-refractivity contribution in [1.82, 2.24) is 14.9 Å². The molecule has 1 atom stereocenters. The highest BCUT2D eigenvalue weighted by Gasteiger charge is 2.28. The molecule has 1 unspecified atom stereocenters. The molecule has 0 aromatic heterocycles. The fraction of sp³-hybridized carbons (Fsp3) is 0.588. The number of carbonyl (C=O) groups excluding carboxylic acids is 1. The van der Waals surface area contributed by atoms with Gasteiger partial charge in [-0.05, 0) is 31.5 Å². The van der Waals surface area contributed by atoms with Crippen LogP contribution in [0.2, 0.25) is 0 Å². The number of carbonyl (C=O) groups is 1. The van der Waals surface area contributed by atoms with E-state index in [4.69, 9.17) is 4.74 Å². The Morgan fingerprint density at radius 2 is 2.19 bits per heavy atom. The van der Waals surface area contributed by atoms with E-state index in [1.54, 1.807) is 17.0 Å². The Hall–Kier alpha value is -1.26. The zero-order chi connectivity index (χ0) is 19.2.